The second-order valence-corrected chi connectivity index (χ2v) is 5.72. The zero-order chi connectivity index (χ0) is 13.3. The molecular weight excluding hydrogens is 236 g/mol. The van der Waals surface area contributed by atoms with Crippen LogP contribution in [0.5, 0.6) is 0 Å². The van der Waals surface area contributed by atoms with E-state index in [1.807, 2.05) is 18.5 Å². The molecule has 2 aromatic heterocycles. The predicted molar refractivity (Wildman–Crippen MR) is 77.1 cm³/mol. The van der Waals surface area contributed by atoms with Crippen LogP contribution in [-0.4, -0.2) is 27.1 Å². The van der Waals surface area contributed by atoms with E-state index < -0.39 is 0 Å². The summed E-state index contributed by atoms with van der Waals surface area (Å²) in [4.78, 5) is 8.98. The van der Waals surface area contributed by atoms with Crippen LogP contribution in [0.15, 0.2) is 18.5 Å². The van der Waals surface area contributed by atoms with Crippen LogP contribution in [0, 0.1) is 0 Å². The molecule has 0 amide bonds. The van der Waals surface area contributed by atoms with Crippen molar-refractivity contribution in [3.8, 4) is 0 Å². The number of imidazole rings is 1. The number of nitrogens with one attached hydrogen (secondary N) is 1. The molecule has 0 spiro atoms. The molecule has 1 N–H and O–H groups in total. The maximum Gasteiger partial charge on any atom is 0.111 e. The van der Waals surface area contributed by atoms with E-state index in [9.17, 15) is 0 Å². The number of pyridine rings is 1. The number of hydrogen-bond donors (Lipinski definition) is 1. The zero-order valence-corrected chi connectivity index (χ0v) is 11.8. The van der Waals surface area contributed by atoms with Crippen molar-refractivity contribution in [3.05, 3.63) is 24.3 Å². The highest BCUT2D eigenvalue weighted by molar-refractivity contribution is 5.74. The normalized spacial score (nSPS) is 18.8. The van der Waals surface area contributed by atoms with E-state index in [1.54, 1.807) is 0 Å². The summed E-state index contributed by atoms with van der Waals surface area (Å²) in [5, 5.41) is 3.57. The Labute approximate surface area is 114 Å². The summed E-state index contributed by atoms with van der Waals surface area (Å²) < 4.78 is 2.19. The molecule has 4 heteroatoms. The van der Waals surface area contributed by atoms with Gasteiger partial charge in [0.2, 0.25) is 0 Å². The summed E-state index contributed by atoms with van der Waals surface area (Å²) in [6, 6.07) is 1.99. The Balaban J connectivity index is 1.93. The molecular formula is C15H22N4. The first-order valence-electron chi connectivity index (χ1n) is 7.18. The molecule has 1 aliphatic rings. The lowest BCUT2D eigenvalue weighted by Gasteiger charge is -2.37. The van der Waals surface area contributed by atoms with Gasteiger partial charge in [-0.15, -0.1) is 0 Å². The Hall–Kier alpha value is -1.42. The Kier molecular flexibility index (Phi) is 3.27. The second kappa shape index (κ2) is 4.93. The van der Waals surface area contributed by atoms with Gasteiger partial charge in [0.25, 0.3) is 0 Å². The maximum atomic E-state index is 4.78. The minimum atomic E-state index is 0.237. The van der Waals surface area contributed by atoms with Gasteiger partial charge in [0, 0.05) is 25.2 Å². The summed E-state index contributed by atoms with van der Waals surface area (Å²) in [7, 11) is 4.19. The van der Waals surface area contributed by atoms with Crippen molar-refractivity contribution in [1.82, 2.24) is 19.9 Å². The highest BCUT2D eigenvalue weighted by Gasteiger charge is 2.32. The molecule has 2 aromatic rings. The second-order valence-electron chi connectivity index (χ2n) is 5.72. The van der Waals surface area contributed by atoms with Gasteiger partial charge in [-0.3, -0.25) is 4.98 Å². The van der Waals surface area contributed by atoms with Crippen molar-refractivity contribution < 1.29 is 0 Å². The Morgan fingerprint density at radius 3 is 2.79 bits per heavy atom. The van der Waals surface area contributed by atoms with Crippen molar-refractivity contribution >= 4 is 11.0 Å². The predicted octanol–water partition coefficient (Wildman–Crippen LogP) is 2.43. The third-order valence-corrected chi connectivity index (χ3v) is 4.61. The molecule has 0 unspecified atom stereocenters. The van der Waals surface area contributed by atoms with E-state index in [1.165, 1.54) is 37.9 Å². The smallest absolute Gasteiger partial charge is 0.111 e. The van der Waals surface area contributed by atoms with Crippen LogP contribution in [0.2, 0.25) is 0 Å². The number of hydrogen-bond acceptors (Lipinski definition) is 3. The van der Waals surface area contributed by atoms with Gasteiger partial charge in [-0.05, 0) is 26.0 Å². The van der Waals surface area contributed by atoms with E-state index in [4.69, 9.17) is 4.98 Å². The van der Waals surface area contributed by atoms with Crippen LogP contribution in [0.3, 0.4) is 0 Å². The minimum Gasteiger partial charge on any atom is -0.330 e. The first-order chi connectivity index (χ1) is 9.24. The van der Waals surface area contributed by atoms with Crippen molar-refractivity contribution in [1.29, 1.82) is 0 Å². The number of rotatable bonds is 3. The molecule has 1 saturated carbocycles. The first kappa shape index (κ1) is 12.6. The number of likely N-dealkylation sites (N-methyl/N-ethyl adjacent to an activating group) is 1. The van der Waals surface area contributed by atoms with Gasteiger partial charge < -0.3 is 9.88 Å². The standard InChI is InChI=1S/C15H22N4/c1-16-15(7-4-3-5-8-15)10-14-18-12-6-9-17-11-13(12)19(14)2/h6,9,11,16H,3-5,7-8,10H2,1-2H3. The molecule has 0 bridgehead atoms. The molecule has 1 aliphatic carbocycles. The molecule has 2 heterocycles. The van der Waals surface area contributed by atoms with Crippen LogP contribution >= 0.6 is 0 Å². The summed E-state index contributed by atoms with van der Waals surface area (Å²) in [5.74, 6) is 1.17. The van der Waals surface area contributed by atoms with E-state index in [-0.39, 0.29) is 5.54 Å². The SMILES string of the molecule is CNC1(Cc2nc3ccncc3n2C)CCCCC1. The molecule has 3 rings (SSSR count). The molecule has 0 atom stereocenters. The van der Waals surface area contributed by atoms with Crippen LogP contribution in [0.25, 0.3) is 11.0 Å². The van der Waals surface area contributed by atoms with Gasteiger partial charge in [0.05, 0.1) is 17.2 Å². The van der Waals surface area contributed by atoms with Crippen LogP contribution in [-0.2, 0) is 13.5 Å². The quantitative estimate of drug-likeness (QED) is 0.919. The fraction of sp³-hybridized carbons (Fsp3) is 0.600. The molecule has 0 saturated heterocycles. The van der Waals surface area contributed by atoms with Gasteiger partial charge in [-0.2, -0.15) is 0 Å². The molecule has 0 aromatic carbocycles. The first-order valence-corrected chi connectivity index (χ1v) is 7.18. The third-order valence-electron chi connectivity index (χ3n) is 4.61. The fourth-order valence-corrected chi connectivity index (χ4v) is 3.29. The van der Waals surface area contributed by atoms with Crippen molar-refractivity contribution in [2.75, 3.05) is 7.05 Å². The highest BCUT2D eigenvalue weighted by atomic mass is 15.1. The highest BCUT2D eigenvalue weighted by Crippen LogP contribution is 2.31. The van der Waals surface area contributed by atoms with Gasteiger partial charge in [-0.1, -0.05) is 19.3 Å². The van der Waals surface area contributed by atoms with Crippen molar-refractivity contribution in [2.45, 2.75) is 44.1 Å². The maximum absolute atomic E-state index is 4.78. The summed E-state index contributed by atoms with van der Waals surface area (Å²) in [6.45, 7) is 0. The van der Waals surface area contributed by atoms with Crippen LogP contribution < -0.4 is 5.32 Å². The van der Waals surface area contributed by atoms with Gasteiger partial charge >= 0.3 is 0 Å². The minimum absolute atomic E-state index is 0.237. The lowest BCUT2D eigenvalue weighted by Crippen LogP contribution is -2.47. The summed E-state index contributed by atoms with van der Waals surface area (Å²) in [6.07, 6.45) is 11.3. The summed E-state index contributed by atoms with van der Waals surface area (Å²) >= 11 is 0. The Bertz CT molecular complexity index is 567. The fourth-order valence-electron chi connectivity index (χ4n) is 3.29. The summed E-state index contributed by atoms with van der Waals surface area (Å²) in [5.41, 5.74) is 2.41. The molecule has 102 valence electrons. The zero-order valence-electron chi connectivity index (χ0n) is 11.8. The van der Waals surface area contributed by atoms with E-state index in [0.29, 0.717) is 0 Å². The van der Waals surface area contributed by atoms with Crippen molar-refractivity contribution in [2.24, 2.45) is 7.05 Å². The lowest BCUT2D eigenvalue weighted by molar-refractivity contribution is 0.240. The molecule has 4 nitrogen and oxygen atoms in total. The topological polar surface area (TPSA) is 42.7 Å². The number of aryl methyl sites for hydroxylation is 1. The van der Waals surface area contributed by atoms with E-state index in [2.05, 4.69) is 29.0 Å². The molecule has 0 radical (unpaired) electrons. The largest absolute Gasteiger partial charge is 0.330 e. The molecule has 0 aliphatic heterocycles. The number of aromatic nitrogens is 3. The van der Waals surface area contributed by atoms with Crippen LogP contribution in [0.4, 0.5) is 0 Å². The number of fused-ring (bicyclic) bond motifs is 1. The van der Waals surface area contributed by atoms with E-state index in [0.717, 1.165) is 17.5 Å². The average molecular weight is 258 g/mol. The average Bonchev–Trinajstić information content (AvgIpc) is 2.77. The monoisotopic (exact) mass is 258 g/mol. The van der Waals surface area contributed by atoms with Crippen molar-refractivity contribution in [3.63, 3.8) is 0 Å². The number of nitrogens with zero attached hydrogens (tertiary/aromatic N) is 3. The lowest BCUT2D eigenvalue weighted by atomic mass is 9.79. The van der Waals surface area contributed by atoms with E-state index >= 15 is 0 Å². The van der Waals surface area contributed by atoms with Crippen LogP contribution in [0.1, 0.15) is 37.9 Å². The third kappa shape index (κ3) is 2.25. The van der Waals surface area contributed by atoms with Gasteiger partial charge in [0.1, 0.15) is 5.82 Å². The Morgan fingerprint density at radius 1 is 1.32 bits per heavy atom. The van der Waals surface area contributed by atoms with Gasteiger partial charge in [-0.25, -0.2) is 4.98 Å². The molecule has 1 fully saturated rings. The Morgan fingerprint density at radius 2 is 2.11 bits per heavy atom. The molecule has 19 heavy (non-hydrogen) atoms. The van der Waals surface area contributed by atoms with Gasteiger partial charge in [0.15, 0.2) is 0 Å².